The Kier molecular flexibility index (Phi) is 7.12. The van der Waals surface area contributed by atoms with E-state index in [1.54, 1.807) is 19.2 Å². The second-order valence-electron chi connectivity index (χ2n) is 9.15. The number of aromatic nitrogens is 2. The highest BCUT2D eigenvalue weighted by molar-refractivity contribution is 6.00. The van der Waals surface area contributed by atoms with Crippen LogP contribution in [0.4, 0.5) is 0 Å². The topological polar surface area (TPSA) is 87.7 Å². The van der Waals surface area contributed by atoms with Crippen molar-refractivity contribution in [1.82, 2.24) is 15.1 Å². The molecule has 0 bridgehead atoms. The minimum Gasteiger partial charge on any atom is -0.507 e. The summed E-state index contributed by atoms with van der Waals surface area (Å²) in [6, 6.07) is 22.5. The van der Waals surface area contributed by atoms with Gasteiger partial charge in [-0.1, -0.05) is 49.7 Å². The van der Waals surface area contributed by atoms with Crippen molar-refractivity contribution in [3.63, 3.8) is 0 Å². The number of nitrogens with zero attached hydrogens (tertiary/aromatic N) is 2. The second-order valence-corrected chi connectivity index (χ2v) is 9.15. The number of amides is 1. The second kappa shape index (κ2) is 10.8. The molecule has 0 aliphatic carbocycles. The van der Waals surface area contributed by atoms with Crippen LogP contribution in [0.25, 0.3) is 11.3 Å². The van der Waals surface area contributed by atoms with Crippen molar-refractivity contribution >= 4 is 5.91 Å². The maximum atomic E-state index is 13.7. The zero-order valence-corrected chi connectivity index (χ0v) is 21.1. The first kappa shape index (κ1) is 24.4. The zero-order valence-electron chi connectivity index (χ0n) is 21.1. The number of H-pyrrole nitrogens is 1. The molecule has 0 saturated carbocycles. The van der Waals surface area contributed by atoms with Crippen LogP contribution in [0.3, 0.4) is 0 Å². The minimum atomic E-state index is -0.371. The highest BCUT2D eigenvalue weighted by Crippen LogP contribution is 2.44. The van der Waals surface area contributed by atoms with E-state index >= 15 is 0 Å². The number of rotatable bonds is 10. The fourth-order valence-corrected chi connectivity index (χ4v) is 4.80. The molecule has 1 aliphatic heterocycles. The number of para-hydroxylation sites is 1. The third-order valence-electron chi connectivity index (χ3n) is 6.76. The van der Waals surface area contributed by atoms with Crippen LogP contribution in [0.2, 0.25) is 0 Å². The number of ether oxygens (including phenoxy) is 2. The maximum Gasteiger partial charge on any atom is 0.273 e. The van der Waals surface area contributed by atoms with E-state index in [9.17, 15) is 9.90 Å². The Morgan fingerprint density at radius 3 is 2.59 bits per heavy atom. The van der Waals surface area contributed by atoms with Crippen LogP contribution in [0.15, 0.2) is 72.8 Å². The third-order valence-corrected chi connectivity index (χ3v) is 6.76. The molecule has 0 fully saturated rings. The summed E-state index contributed by atoms with van der Waals surface area (Å²) in [4.78, 5) is 15.5. The number of phenols is 1. The first-order valence-electron chi connectivity index (χ1n) is 12.6. The van der Waals surface area contributed by atoms with Gasteiger partial charge in [0.05, 0.1) is 19.8 Å². The van der Waals surface area contributed by atoms with Gasteiger partial charge in [0.1, 0.15) is 28.6 Å². The van der Waals surface area contributed by atoms with E-state index in [0.29, 0.717) is 36.5 Å². The summed E-state index contributed by atoms with van der Waals surface area (Å²) >= 11 is 0. The number of phenolic OH excluding ortho intramolecular Hbond substituents is 1. The lowest BCUT2D eigenvalue weighted by atomic mass is 9.95. The predicted octanol–water partition coefficient (Wildman–Crippen LogP) is 5.76. The van der Waals surface area contributed by atoms with Gasteiger partial charge in [0, 0.05) is 17.7 Å². The fraction of sp³-hybridized carbons (Fsp3) is 0.267. The lowest BCUT2D eigenvalue weighted by Gasteiger charge is -2.27. The quantitative estimate of drug-likeness (QED) is 0.272. The number of benzene rings is 3. The molecule has 190 valence electrons. The molecule has 1 atom stereocenters. The van der Waals surface area contributed by atoms with Crippen LogP contribution >= 0.6 is 0 Å². The average molecular weight is 498 g/mol. The standard InChI is InChI=1S/C30H31N3O4/c1-3-4-18-37-23-9-7-8-21(19-23)29-26-27(24-10-5-6-11-25(24)34)31-32-28(26)30(35)33(29)17-16-20-12-14-22(36-2)15-13-20/h5-15,19,29,34H,3-4,16-18H2,1-2H3,(H,31,32). The number of methoxy groups -OCH3 is 1. The van der Waals surface area contributed by atoms with Crippen LogP contribution in [0, 0.1) is 0 Å². The molecule has 7 nitrogen and oxygen atoms in total. The number of fused-ring (bicyclic) bond motifs is 1. The highest BCUT2D eigenvalue weighted by atomic mass is 16.5. The van der Waals surface area contributed by atoms with Crippen LogP contribution in [-0.4, -0.2) is 46.4 Å². The van der Waals surface area contributed by atoms with E-state index in [-0.39, 0.29) is 17.7 Å². The average Bonchev–Trinajstić information content (AvgIpc) is 3.47. The van der Waals surface area contributed by atoms with Crippen molar-refractivity contribution in [3.8, 4) is 28.5 Å². The first-order chi connectivity index (χ1) is 18.1. The van der Waals surface area contributed by atoms with E-state index in [1.165, 1.54) is 0 Å². The molecule has 1 unspecified atom stereocenters. The van der Waals surface area contributed by atoms with Crippen molar-refractivity contribution in [3.05, 3.63) is 95.2 Å². The number of aromatic amines is 1. The molecule has 1 aromatic heterocycles. The molecule has 3 aromatic carbocycles. The van der Waals surface area contributed by atoms with E-state index in [1.807, 2.05) is 65.6 Å². The maximum absolute atomic E-state index is 13.7. The number of hydrogen-bond acceptors (Lipinski definition) is 5. The van der Waals surface area contributed by atoms with Gasteiger partial charge in [-0.15, -0.1) is 0 Å². The predicted molar refractivity (Wildman–Crippen MR) is 142 cm³/mol. The van der Waals surface area contributed by atoms with Gasteiger partial charge in [-0.25, -0.2) is 0 Å². The fourth-order valence-electron chi connectivity index (χ4n) is 4.80. The molecule has 1 amide bonds. The van der Waals surface area contributed by atoms with E-state index in [0.717, 1.165) is 41.0 Å². The number of carbonyl (C=O) groups excluding carboxylic acids is 1. The van der Waals surface area contributed by atoms with E-state index in [4.69, 9.17) is 9.47 Å². The Labute approximate surface area is 216 Å². The monoisotopic (exact) mass is 497 g/mol. The SMILES string of the molecule is CCCCOc1cccc(C2c3c(-c4ccccc4O)n[nH]c3C(=O)N2CCc2ccc(OC)cc2)c1. The summed E-state index contributed by atoms with van der Waals surface area (Å²) in [6.45, 7) is 3.29. The molecule has 1 aliphatic rings. The van der Waals surface area contributed by atoms with Gasteiger partial charge in [0.25, 0.3) is 5.91 Å². The molecule has 0 spiro atoms. The van der Waals surface area contributed by atoms with E-state index < -0.39 is 0 Å². The Balaban J connectivity index is 1.53. The van der Waals surface area contributed by atoms with Crippen molar-refractivity contribution in [2.75, 3.05) is 20.3 Å². The minimum absolute atomic E-state index is 0.111. The Morgan fingerprint density at radius 2 is 1.84 bits per heavy atom. The molecular formula is C30H31N3O4. The van der Waals surface area contributed by atoms with Crippen LogP contribution in [0.5, 0.6) is 17.2 Å². The molecule has 2 heterocycles. The van der Waals surface area contributed by atoms with Gasteiger partial charge in [-0.05, 0) is 60.4 Å². The van der Waals surface area contributed by atoms with E-state index in [2.05, 4.69) is 17.1 Å². The summed E-state index contributed by atoms with van der Waals surface area (Å²) in [6.07, 6.45) is 2.71. The number of hydrogen-bond donors (Lipinski definition) is 2. The normalized spacial score (nSPS) is 14.6. The Hall–Kier alpha value is -4.26. The lowest BCUT2D eigenvalue weighted by Crippen LogP contribution is -2.31. The van der Waals surface area contributed by atoms with Gasteiger partial charge in [0.2, 0.25) is 0 Å². The molecule has 2 N–H and O–H groups in total. The van der Waals surface area contributed by atoms with Crippen LogP contribution < -0.4 is 9.47 Å². The molecule has 0 saturated heterocycles. The van der Waals surface area contributed by atoms with Crippen molar-refractivity contribution in [2.45, 2.75) is 32.2 Å². The summed E-state index contributed by atoms with van der Waals surface area (Å²) in [5, 5.41) is 18.0. The first-order valence-corrected chi connectivity index (χ1v) is 12.6. The van der Waals surface area contributed by atoms with Crippen molar-refractivity contribution in [2.24, 2.45) is 0 Å². The molecule has 37 heavy (non-hydrogen) atoms. The summed E-state index contributed by atoms with van der Waals surface area (Å²) in [5.74, 6) is 1.58. The highest BCUT2D eigenvalue weighted by Gasteiger charge is 2.42. The van der Waals surface area contributed by atoms with Crippen LogP contribution in [-0.2, 0) is 6.42 Å². The molecule has 5 rings (SSSR count). The summed E-state index contributed by atoms with van der Waals surface area (Å²) < 4.78 is 11.3. The largest absolute Gasteiger partial charge is 0.507 e. The summed E-state index contributed by atoms with van der Waals surface area (Å²) in [5.41, 5.74) is 4.44. The lowest BCUT2D eigenvalue weighted by molar-refractivity contribution is 0.0745. The third kappa shape index (κ3) is 4.89. The molecular weight excluding hydrogens is 466 g/mol. The van der Waals surface area contributed by atoms with Crippen molar-refractivity contribution < 1.29 is 19.4 Å². The molecule has 7 heteroatoms. The van der Waals surface area contributed by atoms with Gasteiger partial charge in [0.15, 0.2) is 0 Å². The number of aromatic hydroxyl groups is 1. The Bertz CT molecular complexity index is 1380. The number of carbonyl (C=O) groups is 1. The number of unbranched alkanes of at least 4 members (excludes halogenated alkanes) is 1. The number of nitrogens with one attached hydrogen (secondary N) is 1. The van der Waals surface area contributed by atoms with Gasteiger partial charge >= 0.3 is 0 Å². The van der Waals surface area contributed by atoms with Crippen molar-refractivity contribution in [1.29, 1.82) is 0 Å². The van der Waals surface area contributed by atoms with Gasteiger partial charge in [-0.2, -0.15) is 5.10 Å². The van der Waals surface area contributed by atoms with Crippen LogP contribution in [0.1, 0.15) is 53.0 Å². The van der Waals surface area contributed by atoms with Gasteiger partial charge < -0.3 is 19.5 Å². The smallest absolute Gasteiger partial charge is 0.273 e. The zero-order chi connectivity index (χ0) is 25.8. The summed E-state index contributed by atoms with van der Waals surface area (Å²) in [7, 11) is 1.65. The molecule has 4 aromatic rings. The Morgan fingerprint density at radius 1 is 1.03 bits per heavy atom. The molecule has 0 radical (unpaired) electrons. The van der Waals surface area contributed by atoms with Gasteiger partial charge in [-0.3, -0.25) is 9.89 Å².